The zero-order valence-corrected chi connectivity index (χ0v) is 23.8. The number of nitrogens with one attached hydrogen (secondary N) is 2. The molecule has 4 rings (SSSR count). The van der Waals surface area contributed by atoms with Crippen molar-refractivity contribution >= 4 is 47.0 Å². The molecule has 0 bridgehead atoms. The fraction of sp³-hybridized carbons (Fsp3) is 0.387. The number of benzene rings is 3. The summed E-state index contributed by atoms with van der Waals surface area (Å²) in [7, 11) is 0. The van der Waals surface area contributed by atoms with Gasteiger partial charge in [-0.2, -0.15) is 12.6 Å². The van der Waals surface area contributed by atoms with Crippen LogP contribution in [0.5, 0.6) is 0 Å². The highest BCUT2D eigenvalue weighted by Gasteiger charge is 2.41. The van der Waals surface area contributed by atoms with E-state index in [0.29, 0.717) is 11.3 Å². The van der Waals surface area contributed by atoms with Gasteiger partial charge in [0, 0.05) is 17.5 Å². The SMILES string of the molecule is Cc1ccc(C(C(=O)Nc2ccc3ccccc3c2)N(C(=O)C(CS)NC(=O)OC(C)(C)C)C2CCC2)cc1. The molecule has 2 N–H and O–H groups in total. The van der Waals surface area contributed by atoms with Gasteiger partial charge in [-0.1, -0.05) is 60.2 Å². The summed E-state index contributed by atoms with van der Waals surface area (Å²) in [4.78, 5) is 42.3. The number of fused-ring (bicyclic) bond motifs is 1. The summed E-state index contributed by atoms with van der Waals surface area (Å²) in [6.45, 7) is 7.25. The number of thiol groups is 1. The number of hydrogen-bond donors (Lipinski definition) is 3. The van der Waals surface area contributed by atoms with E-state index < -0.39 is 23.8 Å². The van der Waals surface area contributed by atoms with Crippen LogP contribution in [0.15, 0.2) is 66.7 Å². The molecule has 1 saturated carbocycles. The molecule has 206 valence electrons. The van der Waals surface area contributed by atoms with Gasteiger partial charge in [0.2, 0.25) is 5.91 Å². The van der Waals surface area contributed by atoms with Crippen molar-refractivity contribution in [1.29, 1.82) is 0 Å². The van der Waals surface area contributed by atoms with Gasteiger partial charge < -0.3 is 20.3 Å². The van der Waals surface area contributed by atoms with Gasteiger partial charge in [-0.05, 0) is 75.4 Å². The Morgan fingerprint density at radius 2 is 1.67 bits per heavy atom. The van der Waals surface area contributed by atoms with Crippen molar-refractivity contribution in [2.24, 2.45) is 0 Å². The Bertz CT molecular complexity index is 1330. The number of nitrogens with zero attached hydrogens (tertiary/aromatic N) is 1. The van der Waals surface area contributed by atoms with Crippen LogP contribution in [0.2, 0.25) is 0 Å². The molecule has 3 amide bonds. The fourth-order valence-electron chi connectivity index (χ4n) is 4.66. The van der Waals surface area contributed by atoms with Gasteiger partial charge in [0.15, 0.2) is 0 Å². The molecule has 39 heavy (non-hydrogen) atoms. The van der Waals surface area contributed by atoms with Crippen molar-refractivity contribution in [3.8, 4) is 0 Å². The third kappa shape index (κ3) is 7.12. The average molecular weight is 548 g/mol. The predicted octanol–water partition coefficient (Wildman–Crippen LogP) is 6.03. The molecule has 7 nitrogen and oxygen atoms in total. The molecule has 2 unspecified atom stereocenters. The van der Waals surface area contributed by atoms with Crippen LogP contribution in [0.4, 0.5) is 10.5 Å². The van der Waals surface area contributed by atoms with E-state index >= 15 is 0 Å². The number of alkyl carbamates (subject to hydrolysis) is 1. The van der Waals surface area contributed by atoms with Crippen LogP contribution in [-0.2, 0) is 14.3 Å². The quantitative estimate of drug-likeness (QED) is 0.301. The molecule has 1 aliphatic carbocycles. The van der Waals surface area contributed by atoms with Crippen LogP contribution in [0.25, 0.3) is 10.8 Å². The zero-order chi connectivity index (χ0) is 28.2. The van der Waals surface area contributed by atoms with Gasteiger partial charge in [-0.25, -0.2) is 4.79 Å². The van der Waals surface area contributed by atoms with Crippen molar-refractivity contribution in [2.75, 3.05) is 11.1 Å². The molecule has 8 heteroatoms. The first-order chi connectivity index (χ1) is 18.6. The summed E-state index contributed by atoms with van der Waals surface area (Å²) >= 11 is 4.37. The maximum Gasteiger partial charge on any atom is 0.408 e. The summed E-state index contributed by atoms with van der Waals surface area (Å²) in [5, 5.41) is 7.80. The van der Waals surface area contributed by atoms with Crippen molar-refractivity contribution in [3.05, 3.63) is 77.9 Å². The van der Waals surface area contributed by atoms with Crippen molar-refractivity contribution in [2.45, 2.75) is 70.7 Å². The minimum Gasteiger partial charge on any atom is -0.444 e. The molecule has 3 aromatic carbocycles. The van der Waals surface area contributed by atoms with Gasteiger partial charge in [-0.3, -0.25) is 9.59 Å². The first-order valence-electron chi connectivity index (χ1n) is 13.3. The highest BCUT2D eigenvalue weighted by molar-refractivity contribution is 7.80. The van der Waals surface area contributed by atoms with E-state index in [9.17, 15) is 14.4 Å². The van der Waals surface area contributed by atoms with Crippen molar-refractivity contribution < 1.29 is 19.1 Å². The van der Waals surface area contributed by atoms with Gasteiger partial charge in [0.25, 0.3) is 5.91 Å². The molecule has 1 aliphatic rings. The Labute approximate surface area is 235 Å². The smallest absolute Gasteiger partial charge is 0.408 e. The molecule has 2 atom stereocenters. The van der Waals surface area contributed by atoms with E-state index in [1.165, 1.54) is 0 Å². The Balaban J connectivity index is 1.67. The molecule has 3 aromatic rings. The zero-order valence-electron chi connectivity index (χ0n) is 22.9. The second-order valence-corrected chi connectivity index (χ2v) is 11.4. The lowest BCUT2D eigenvalue weighted by atomic mass is 9.88. The van der Waals surface area contributed by atoms with Gasteiger partial charge in [-0.15, -0.1) is 0 Å². The summed E-state index contributed by atoms with van der Waals surface area (Å²) in [6.07, 6.45) is 1.83. The average Bonchev–Trinajstić information content (AvgIpc) is 2.85. The molecular weight excluding hydrogens is 510 g/mol. The first kappa shape index (κ1) is 28.5. The third-order valence-electron chi connectivity index (χ3n) is 6.83. The Morgan fingerprint density at radius 3 is 2.26 bits per heavy atom. The van der Waals surface area contributed by atoms with Gasteiger partial charge in [0.1, 0.15) is 17.7 Å². The maximum atomic E-state index is 14.0. The number of aryl methyl sites for hydroxylation is 1. The lowest BCUT2D eigenvalue weighted by Crippen LogP contribution is -2.57. The number of carbonyl (C=O) groups excluding carboxylic acids is 3. The lowest BCUT2D eigenvalue weighted by Gasteiger charge is -2.43. The highest BCUT2D eigenvalue weighted by Crippen LogP contribution is 2.35. The molecule has 0 radical (unpaired) electrons. The second kappa shape index (κ2) is 12.1. The van der Waals surface area contributed by atoms with Gasteiger partial charge >= 0.3 is 6.09 Å². The largest absolute Gasteiger partial charge is 0.444 e. The van der Waals surface area contributed by atoms with E-state index in [1.54, 1.807) is 25.7 Å². The van der Waals surface area contributed by atoms with E-state index in [4.69, 9.17) is 4.74 Å². The van der Waals surface area contributed by atoms with Crippen molar-refractivity contribution in [3.63, 3.8) is 0 Å². The monoisotopic (exact) mass is 547 g/mol. The number of ether oxygens (including phenoxy) is 1. The Kier molecular flexibility index (Phi) is 8.85. The third-order valence-corrected chi connectivity index (χ3v) is 7.20. The van der Waals surface area contributed by atoms with Gasteiger partial charge in [0.05, 0.1) is 0 Å². The van der Waals surface area contributed by atoms with Crippen LogP contribution in [0.3, 0.4) is 0 Å². The van der Waals surface area contributed by atoms with E-state index in [2.05, 4.69) is 23.3 Å². The fourth-order valence-corrected chi connectivity index (χ4v) is 4.91. The standard InChI is InChI=1S/C31H37N3O4S/c1-20-12-14-22(15-13-20)27(28(35)32-24-17-16-21-8-5-6-9-23(21)18-24)34(25-10-7-11-25)29(36)26(19-39)33-30(37)38-31(2,3)4/h5-6,8-9,12-18,25-27,39H,7,10-11,19H2,1-4H3,(H,32,35)(H,33,37). The molecule has 1 fully saturated rings. The summed E-state index contributed by atoms with van der Waals surface area (Å²) in [6, 6.07) is 19.3. The normalized spacial score (nSPS) is 15.1. The number of hydrogen-bond acceptors (Lipinski definition) is 5. The molecule has 0 heterocycles. The maximum absolute atomic E-state index is 14.0. The van der Waals surface area contributed by atoms with E-state index in [1.807, 2.05) is 73.7 Å². The number of carbonyl (C=O) groups is 3. The number of anilines is 1. The number of rotatable bonds is 8. The van der Waals surface area contributed by atoms with Crippen LogP contribution in [0, 0.1) is 6.92 Å². The molecule has 0 aromatic heterocycles. The Hall–Kier alpha value is -3.52. The molecule has 0 spiro atoms. The van der Waals surface area contributed by atoms with E-state index in [0.717, 1.165) is 35.6 Å². The highest BCUT2D eigenvalue weighted by atomic mass is 32.1. The minimum absolute atomic E-state index is 0.0637. The van der Waals surface area contributed by atoms with Crippen LogP contribution in [0.1, 0.15) is 57.2 Å². The second-order valence-electron chi connectivity index (χ2n) is 11.1. The lowest BCUT2D eigenvalue weighted by molar-refractivity contribution is -0.145. The van der Waals surface area contributed by atoms with Crippen LogP contribution in [-0.4, -0.2) is 46.2 Å². The molecule has 0 aliphatic heterocycles. The van der Waals surface area contributed by atoms with Crippen LogP contribution < -0.4 is 10.6 Å². The minimum atomic E-state index is -0.954. The molecular formula is C31H37N3O4S. The molecule has 0 saturated heterocycles. The first-order valence-corrected chi connectivity index (χ1v) is 14.0. The Morgan fingerprint density at radius 1 is 1.00 bits per heavy atom. The number of amides is 3. The topological polar surface area (TPSA) is 87.7 Å². The van der Waals surface area contributed by atoms with E-state index in [-0.39, 0.29) is 23.6 Å². The summed E-state index contributed by atoms with van der Waals surface area (Å²) in [5.41, 5.74) is 1.68. The predicted molar refractivity (Wildman–Crippen MR) is 158 cm³/mol. The van der Waals surface area contributed by atoms with Crippen molar-refractivity contribution in [1.82, 2.24) is 10.2 Å². The van der Waals surface area contributed by atoms with Crippen LogP contribution >= 0.6 is 12.6 Å². The summed E-state index contributed by atoms with van der Waals surface area (Å²) < 4.78 is 5.39. The summed E-state index contributed by atoms with van der Waals surface area (Å²) in [5.74, 6) is -0.613.